The molecule has 0 fully saturated rings. The highest BCUT2D eigenvalue weighted by Gasteiger charge is 2.14. The van der Waals surface area contributed by atoms with Gasteiger partial charge in [0, 0.05) is 16.3 Å². The molecule has 3 N–H and O–H groups in total. The number of furan rings is 1. The van der Waals surface area contributed by atoms with Crippen LogP contribution < -0.4 is 4.80 Å². The molecule has 0 aliphatic carbocycles. The molecule has 2 aromatic heterocycles. The van der Waals surface area contributed by atoms with E-state index in [1.165, 1.54) is 46.5 Å². The molecule has 164 valence electrons. The van der Waals surface area contributed by atoms with Gasteiger partial charge in [0.2, 0.25) is 10.6 Å². The topological polar surface area (TPSA) is 103 Å². The van der Waals surface area contributed by atoms with Crippen molar-refractivity contribution in [3.8, 4) is 28.7 Å². The van der Waals surface area contributed by atoms with E-state index in [4.69, 9.17) is 4.42 Å². The van der Waals surface area contributed by atoms with E-state index in [1.807, 2.05) is 35.7 Å². The summed E-state index contributed by atoms with van der Waals surface area (Å²) >= 11 is 1.30. The lowest BCUT2D eigenvalue weighted by Gasteiger charge is -2.04. The van der Waals surface area contributed by atoms with Gasteiger partial charge in [-0.25, -0.2) is 14.1 Å². The fourth-order valence-electron chi connectivity index (χ4n) is 3.20. The summed E-state index contributed by atoms with van der Waals surface area (Å²) < 4.78 is 20.8. The molecular formula is C24H16FN3O4S. The predicted molar refractivity (Wildman–Crippen MR) is 124 cm³/mol. The van der Waals surface area contributed by atoms with E-state index in [2.05, 4.69) is 10.1 Å². The molecule has 5 aromatic rings. The number of hydrogen-bond donors (Lipinski definition) is 3. The van der Waals surface area contributed by atoms with Gasteiger partial charge in [-0.05, 0) is 48.5 Å². The summed E-state index contributed by atoms with van der Waals surface area (Å²) in [5.74, 6) is -1.39. The van der Waals surface area contributed by atoms with Crippen LogP contribution in [0.1, 0.15) is 5.56 Å². The van der Waals surface area contributed by atoms with E-state index < -0.39 is 17.2 Å². The van der Waals surface area contributed by atoms with Gasteiger partial charge >= 0.3 is 0 Å². The molecule has 0 unspecified atom stereocenters. The maximum absolute atomic E-state index is 13.3. The van der Waals surface area contributed by atoms with Gasteiger partial charge in [-0.3, -0.25) is 0 Å². The number of fused-ring (bicyclic) bond motifs is 1. The molecule has 9 heteroatoms. The quantitative estimate of drug-likeness (QED) is 0.248. The molecule has 2 heterocycles. The van der Waals surface area contributed by atoms with Crippen molar-refractivity contribution in [2.75, 3.05) is 0 Å². The molecule has 0 bridgehead atoms. The molecule has 0 radical (unpaired) electrons. The highest BCUT2D eigenvalue weighted by atomic mass is 32.1. The number of phenols is 3. The highest BCUT2D eigenvalue weighted by Crippen LogP contribution is 2.36. The summed E-state index contributed by atoms with van der Waals surface area (Å²) in [7, 11) is 0. The van der Waals surface area contributed by atoms with Gasteiger partial charge in [0.05, 0.1) is 11.9 Å². The lowest BCUT2D eigenvalue weighted by atomic mass is 10.2. The number of rotatable bonds is 4. The van der Waals surface area contributed by atoms with Crippen molar-refractivity contribution in [3.05, 3.63) is 88.3 Å². The lowest BCUT2D eigenvalue weighted by Crippen LogP contribution is -2.11. The average molecular weight is 461 g/mol. The third kappa shape index (κ3) is 3.97. The van der Waals surface area contributed by atoms with Crippen molar-refractivity contribution in [1.82, 2.24) is 4.68 Å². The smallest absolute Gasteiger partial charge is 0.211 e. The minimum atomic E-state index is -0.636. The zero-order valence-electron chi connectivity index (χ0n) is 16.9. The molecule has 0 atom stereocenters. The van der Waals surface area contributed by atoms with Gasteiger partial charge in [0.15, 0.2) is 17.3 Å². The minimum Gasteiger partial charge on any atom is -0.504 e. The van der Waals surface area contributed by atoms with Crippen molar-refractivity contribution in [3.63, 3.8) is 0 Å². The van der Waals surface area contributed by atoms with Crippen LogP contribution in [0, 0.1) is 5.82 Å². The minimum absolute atomic E-state index is 0.187. The Bertz CT molecular complexity index is 1530. The number of thiazole rings is 1. The third-order valence-electron chi connectivity index (χ3n) is 4.89. The second kappa shape index (κ2) is 8.29. The van der Waals surface area contributed by atoms with Crippen molar-refractivity contribution in [2.45, 2.75) is 0 Å². The van der Waals surface area contributed by atoms with Crippen LogP contribution in [0.25, 0.3) is 22.4 Å². The van der Waals surface area contributed by atoms with Crippen molar-refractivity contribution in [1.29, 1.82) is 0 Å². The molecule has 0 aliphatic rings. The third-order valence-corrected chi connectivity index (χ3v) is 5.70. The standard InChI is InChI=1S/C24H16FN3O4S/c25-16-6-8-17(9-7-16)27-24-28(26-12-15-5-10-19(29)23(31)22(15)30)18(13-33-24)21-11-14-3-1-2-4-20(14)32-21/h1-13,29-31H. The van der Waals surface area contributed by atoms with Crippen molar-refractivity contribution >= 4 is 34.2 Å². The number of aromatic nitrogens is 1. The van der Waals surface area contributed by atoms with E-state index in [1.54, 1.807) is 12.1 Å². The zero-order valence-corrected chi connectivity index (χ0v) is 17.7. The first kappa shape index (κ1) is 20.5. The van der Waals surface area contributed by atoms with E-state index in [9.17, 15) is 19.7 Å². The first-order chi connectivity index (χ1) is 16.0. The summed E-state index contributed by atoms with van der Waals surface area (Å²) in [5.41, 5.74) is 2.04. The molecule has 33 heavy (non-hydrogen) atoms. The van der Waals surface area contributed by atoms with Crippen LogP contribution in [0.2, 0.25) is 0 Å². The summed E-state index contributed by atoms with van der Waals surface area (Å²) in [4.78, 5) is 5.02. The second-order valence-corrected chi connectivity index (χ2v) is 7.90. The Morgan fingerprint density at radius 1 is 0.939 bits per heavy atom. The maximum atomic E-state index is 13.3. The summed E-state index contributed by atoms with van der Waals surface area (Å²) in [6, 6.07) is 17.9. The zero-order chi connectivity index (χ0) is 22.9. The largest absolute Gasteiger partial charge is 0.504 e. The van der Waals surface area contributed by atoms with E-state index in [-0.39, 0.29) is 11.4 Å². The van der Waals surface area contributed by atoms with Crippen LogP contribution in [-0.2, 0) is 0 Å². The van der Waals surface area contributed by atoms with Crippen LogP contribution in [-0.4, -0.2) is 26.2 Å². The highest BCUT2D eigenvalue weighted by molar-refractivity contribution is 7.07. The van der Waals surface area contributed by atoms with Crippen molar-refractivity contribution < 1.29 is 24.1 Å². The Morgan fingerprint density at radius 3 is 2.52 bits per heavy atom. The van der Waals surface area contributed by atoms with Gasteiger partial charge in [0.25, 0.3) is 0 Å². The summed E-state index contributed by atoms with van der Waals surface area (Å²) in [5, 5.41) is 36.7. The lowest BCUT2D eigenvalue weighted by molar-refractivity contribution is 0.367. The predicted octanol–water partition coefficient (Wildman–Crippen LogP) is 5.33. The molecule has 0 amide bonds. The Hall–Kier alpha value is -4.37. The van der Waals surface area contributed by atoms with Crippen LogP contribution >= 0.6 is 11.3 Å². The Balaban J connectivity index is 1.66. The number of para-hydroxylation sites is 1. The normalized spacial score (nSPS) is 12.2. The fourth-order valence-corrected chi connectivity index (χ4v) is 4.04. The van der Waals surface area contributed by atoms with Gasteiger partial charge in [-0.15, -0.1) is 11.3 Å². The van der Waals surface area contributed by atoms with E-state index in [0.717, 1.165) is 5.39 Å². The maximum Gasteiger partial charge on any atom is 0.211 e. The number of aromatic hydroxyl groups is 3. The Labute approximate surface area is 190 Å². The van der Waals surface area contributed by atoms with Crippen LogP contribution in [0.5, 0.6) is 17.2 Å². The molecule has 3 aromatic carbocycles. The summed E-state index contributed by atoms with van der Waals surface area (Å²) in [6.07, 6.45) is 1.33. The van der Waals surface area contributed by atoms with Gasteiger partial charge in [0.1, 0.15) is 17.1 Å². The Morgan fingerprint density at radius 2 is 1.73 bits per heavy atom. The van der Waals surface area contributed by atoms with E-state index in [0.29, 0.717) is 27.5 Å². The number of hydrogen-bond acceptors (Lipinski definition) is 7. The average Bonchev–Trinajstić information content (AvgIpc) is 3.42. The molecule has 0 spiro atoms. The first-order valence-corrected chi connectivity index (χ1v) is 10.7. The van der Waals surface area contributed by atoms with Crippen LogP contribution in [0.3, 0.4) is 0 Å². The van der Waals surface area contributed by atoms with E-state index >= 15 is 0 Å². The fraction of sp³-hybridized carbons (Fsp3) is 0. The van der Waals surface area contributed by atoms with Gasteiger partial charge in [-0.1, -0.05) is 18.2 Å². The molecule has 7 nitrogen and oxygen atoms in total. The van der Waals surface area contributed by atoms with Gasteiger partial charge < -0.3 is 19.7 Å². The molecule has 5 rings (SSSR count). The number of nitrogens with zero attached hydrogens (tertiary/aromatic N) is 3. The van der Waals surface area contributed by atoms with Crippen molar-refractivity contribution in [2.24, 2.45) is 10.1 Å². The van der Waals surface area contributed by atoms with Crippen LogP contribution in [0.15, 0.2) is 86.6 Å². The van der Waals surface area contributed by atoms with Crippen LogP contribution in [0.4, 0.5) is 10.1 Å². The monoisotopic (exact) mass is 461 g/mol. The molecule has 0 saturated heterocycles. The Kier molecular flexibility index (Phi) is 5.15. The number of phenolic OH excluding ortho intramolecular Hbond substituents is 3. The molecular weight excluding hydrogens is 445 g/mol. The molecule has 0 aliphatic heterocycles. The number of halogens is 1. The first-order valence-electron chi connectivity index (χ1n) is 9.77. The number of benzene rings is 3. The second-order valence-electron chi connectivity index (χ2n) is 7.07. The SMILES string of the molecule is Oc1ccc(C=Nn2c(-c3cc4ccccc4o3)csc2=Nc2ccc(F)cc2)c(O)c1O. The summed E-state index contributed by atoms with van der Waals surface area (Å²) in [6.45, 7) is 0. The molecule has 0 saturated carbocycles. The van der Waals surface area contributed by atoms with Gasteiger partial charge in [-0.2, -0.15) is 5.10 Å².